The number of alkyl halides is 3. The number of halogens is 3. The minimum absolute atomic E-state index is 0.0658. The second kappa shape index (κ2) is 9.15. The van der Waals surface area contributed by atoms with Gasteiger partial charge in [-0.2, -0.15) is 17.5 Å². The van der Waals surface area contributed by atoms with Gasteiger partial charge in [0.2, 0.25) is 10.0 Å². The Bertz CT molecular complexity index is 1020. The van der Waals surface area contributed by atoms with Crippen LogP contribution in [-0.2, 0) is 21.0 Å². The summed E-state index contributed by atoms with van der Waals surface area (Å²) in [5.74, 6) is 0.0398. The zero-order valence-corrected chi connectivity index (χ0v) is 17.4. The molecule has 1 aliphatic heterocycles. The van der Waals surface area contributed by atoms with Crippen LogP contribution in [-0.4, -0.2) is 63.4 Å². The smallest absolute Gasteiger partial charge is 0.416 e. The number of rotatable bonds is 6. The number of methoxy groups -OCH3 is 1. The van der Waals surface area contributed by atoms with E-state index in [-0.39, 0.29) is 36.8 Å². The zero-order chi connectivity index (χ0) is 22.6. The maximum Gasteiger partial charge on any atom is 0.416 e. The zero-order valence-electron chi connectivity index (χ0n) is 16.6. The number of ether oxygens (including phenoxy) is 2. The van der Waals surface area contributed by atoms with Crippen LogP contribution >= 0.6 is 0 Å². The Hall–Kier alpha value is -2.79. The molecule has 0 aromatic heterocycles. The van der Waals surface area contributed by atoms with E-state index in [0.29, 0.717) is 5.75 Å². The monoisotopic (exact) mass is 458 g/mol. The van der Waals surface area contributed by atoms with E-state index >= 15 is 0 Å². The van der Waals surface area contributed by atoms with Gasteiger partial charge in [-0.05, 0) is 42.5 Å². The van der Waals surface area contributed by atoms with Gasteiger partial charge in [0.15, 0.2) is 6.61 Å². The van der Waals surface area contributed by atoms with E-state index < -0.39 is 34.3 Å². The van der Waals surface area contributed by atoms with Crippen LogP contribution in [0.1, 0.15) is 5.56 Å². The Morgan fingerprint density at radius 2 is 1.65 bits per heavy atom. The Morgan fingerprint density at radius 3 is 2.23 bits per heavy atom. The summed E-state index contributed by atoms with van der Waals surface area (Å²) in [5, 5.41) is 0. The molecule has 0 unspecified atom stereocenters. The normalized spacial score (nSPS) is 15.5. The molecule has 11 heteroatoms. The molecule has 1 amide bonds. The van der Waals surface area contributed by atoms with Crippen molar-refractivity contribution in [3.8, 4) is 11.5 Å². The van der Waals surface area contributed by atoms with Crippen LogP contribution < -0.4 is 9.47 Å². The molecule has 0 aliphatic carbocycles. The lowest BCUT2D eigenvalue weighted by atomic mass is 10.2. The third-order valence-corrected chi connectivity index (χ3v) is 6.73. The van der Waals surface area contributed by atoms with E-state index in [4.69, 9.17) is 9.47 Å². The standard InChI is InChI=1S/C20H21F3N2O5S/c1-29-16-5-7-18(8-6-16)31(27,28)25-11-9-24(10-12-25)19(26)14-30-17-4-2-3-15(13-17)20(21,22)23/h2-8,13H,9-12,14H2,1H3. The molecule has 31 heavy (non-hydrogen) atoms. The van der Waals surface area contributed by atoms with Crippen molar-refractivity contribution in [3.63, 3.8) is 0 Å². The van der Waals surface area contributed by atoms with Gasteiger partial charge in [-0.25, -0.2) is 8.42 Å². The van der Waals surface area contributed by atoms with Crippen molar-refractivity contribution >= 4 is 15.9 Å². The van der Waals surface area contributed by atoms with Crippen molar-refractivity contribution in [3.05, 3.63) is 54.1 Å². The van der Waals surface area contributed by atoms with E-state index in [0.717, 1.165) is 12.1 Å². The van der Waals surface area contributed by atoms with Crippen molar-refractivity contribution in [1.82, 2.24) is 9.21 Å². The fourth-order valence-electron chi connectivity index (χ4n) is 3.07. The first-order chi connectivity index (χ1) is 14.6. The van der Waals surface area contributed by atoms with Gasteiger partial charge in [0.1, 0.15) is 11.5 Å². The molecule has 1 fully saturated rings. The summed E-state index contributed by atoms with van der Waals surface area (Å²) in [7, 11) is -2.23. The maximum atomic E-state index is 12.8. The quantitative estimate of drug-likeness (QED) is 0.665. The van der Waals surface area contributed by atoms with Gasteiger partial charge in [0.05, 0.1) is 17.6 Å². The second-order valence-corrected chi connectivity index (χ2v) is 8.71. The molecule has 1 heterocycles. The van der Waals surface area contributed by atoms with Crippen LogP contribution in [0.5, 0.6) is 11.5 Å². The van der Waals surface area contributed by atoms with Gasteiger partial charge in [-0.15, -0.1) is 0 Å². The van der Waals surface area contributed by atoms with Crippen LogP contribution in [0.25, 0.3) is 0 Å². The highest BCUT2D eigenvalue weighted by Gasteiger charge is 2.32. The molecule has 0 atom stereocenters. The van der Waals surface area contributed by atoms with Crippen molar-refractivity contribution in [2.75, 3.05) is 39.9 Å². The SMILES string of the molecule is COc1ccc(S(=O)(=O)N2CCN(C(=O)COc3cccc(C(F)(F)F)c3)CC2)cc1. The molecule has 0 radical (unpaired) electrons. The molecular formula is C20H21F3N2O5S. The van der Waals surface area contributed by atoms with Crippen LogP contribution in [0.15, 0.2) is 53.4 Å². The first-order valence-corrected chi connectivity index (χ1v) is 10.8. The van der Waals surface area contributed by atoms with E-state index in [1.807, 2.05) is 0 Å². The van der Waals surface area contributed by atoms with Crippen molar-refractivity contribution < 1.29 is 35.9 Å². The molecule has 1 saturated heterocycles. The summed E-state index contributed by atoms with van der Waals surface area (Å²) in [6.45, 7) is 0.0696. The minimum atomic E-state index is -4.50. The number of benzene rings is 2. The fraction of sp³-hybridized carbons (Fsp3) is 0.350. The first-order valence-electron chi connectivity index (χ1n) is 9.33. The lowest BCUT2D eigenvalue weighted by Gasteiger charge is -2.34. The predicted molar refractivity (Wildman–Crippen MR) is 105 cm³/mol. The highest BCUT2D eigenvalue weighted by Crippen LogP contribution is 2.31. The Morgan fingerprint density at radius 1 is 1.00 bits per heavy atom. The molecule has 7 nitrogen and oxygen atoms in total. The highest BCUT2D eigenvalue weighted by atomic mass is 32.2. The maximum absolute atomic E-state index is 12.8. The molecule has 2 aromatic rings. The summed E-state index contributed by atoms with van der Waals surface area (Å²) in [6.07, 6.45) is -4.50. The molecule has 0 saturated carbocycles. The summed E-state index contributed by atoms with van der Waals surface area (Å²) < 4.78 is 75.3. The average Bonchev–Trinajstić information content (AvgIpc) is 2.77. The van der Waals surface area contributed by atoms with E-state index in [9.17, 15) is 26.4 Å². The Kier molecular flexibility index (Phi) is 6.75. The molecule has 3 rings (SSSR count). The van der Waals surface area contributed by atoms with Gasteiger partial charge < -0.3 is 14.4 Å². The van der Waals surface area contributed by atoms with Gasteiger partial charge in [0.25, 0.3) is 5.91 Å². The molecule has 168 valence electrons. The summed E-state index contributed by atoms with van der Waals surface area (Å²) in [5.41, 5.74) is -0.866. The van der Waals surface area contributed by atoms with Gasteiger partial charge in [-0.3, -0.25) is 4.79 Å². The van der Waals surface area contributed by atoms with Crippen LogP contribution in [0.4, 0.5) is 13.2 Å². The Labute approximate surface area is 178 Å². The topological polar surface area (TPSA) is 76.2 Å². The van der Waals surface area contributed by atoms with Crippen molar-refractivity contribution in [2.24, 2.45) is 0 Å². The van der Waals surface area contributed by atoms with Gasteiger partial charge >= 0.3 is 6.18 Å². The number of carbonyl (C=O) groups excluding carboxylic acids is 1. The third kappa shape index (κ3) is 5.47. The molecule has 0 N–H and O–H groups in total. The number of sulfonamides is 1. The Balaban J connectivity index is 1.55. The lowest BCUT2D eigenvalue weighted by molar-refractivity contribution is -0.137. The number of piperazine rings is 1. The lowest BCUT2D eigenvalue weighted by Crippen LogP contribution is -2.51. The van der Waals surface area contributed by atoms with E-state index in [1.54, 1.807) is 12.1 Å². The largest absolute Gasteiger partial charge is 0.497 e. The number of amides is 1. The summed E-state index contributed by atoms with van der Waals surface area (Å²) in [6, 6.07) is 10.3. The minimum Gasteiger partial charge on any atom is -0.497 e. The van der Waals surface area contributed by atoms with Crippen LogP contribution in [0, 0.1) is 0 Å². The van der Waals surface area contributed by atoms with E-state index in [1.165, 1.54) is 40.6 Å². The number of hydrogen-bond acceptors (Lipinski definition) is 5. The first kappa shape index (κ1) is 22.9. The fourth-order valence-corrected chi connectivity index (χ4v) is 4.50. The summed E-state index contributed by atoms with van der Waals surface area (Å²) >= 11 is 0. The van der Waals surface area contributed by atoms with Crippen LogP contribution in [0.2, 0.25) is 0 Å². The predicted octanol–water partition coefficient (Wildman–Crippen LogP) is 2.63. The van der Waals surface area contributed by atoms with Crippen molar-refractivity contribution in [2.45, 2.75) is 11.1 Å². The molecule has 2 aromatic carbocycles. The van der Waals surface area contributed by atoms with Crippen molar-refractivity contribution in [1.29, 1.82) is 0 Å². The highest BCUT2D eigenvalue weighted by molar-refractivity contribution is 7.89. The second-order valence-electron chi connectivity index (χ2n) is 6.77. The van der Waals surface area contributed by atoms with E-state index in [2.05, 4.69) is 0 Å². The number of carbonyl (C=O) groups is 1. The average molecular weight is 458 g/mol. The third-order valence-electron chi connectivity index (χ3n) is 4.81. The number of nitrogens with zero attached hydrogens (tertiary/aromatic N) is 2. The van der Waals surface area contributed by atoms with Gasteiger partial charge in [0, 0.05) is 26.2 Å². The van der Waals surface area contributed by atoms with Crippen LogP contribution in [0.3, 0.4) is 0 Å². The molecular weight excluding hydrogens is 437 g/mol. The number of hydrogen-bond donors (Lipinski definition) is 0. The molecule has 0 spiro atoms. The molecule has 0 bridgehead atoms. The van der Waals surface area contributed by atoms with Gasteiger partial charge in [-0.1, -0.05) is 6.07 Å². The summed E-state index contributed by atoms with van der Waals surface area (Å²) in [4.78, 5) is 13.9. The molecule has 1 aliphatic rings.